The summed E-state index contributed by atoms with van der Waals surface area (Å²) in [6.45, 7) is 2.65. The third-order valence-electron chi connectivity index (χ3n) is 4.76. The van der Waals surface area contributed by atoms with Crippen molar-refractivity contribution >= 4 is 34.1 Å². The number of halogens is 1. The number of hydrogen-bond donors (Lipinski definition) is 1. The molecule has 0 atom stereocenters. The number of aromatic nitrogens is 1. The summed E-state index contributed by atoms with van der Waals surface area (Å²) in [7, 11) is 0. The number of carbonyl (C=O) groups is 1. The van der Waals surface area contributed by atoms with Gasteiger partial charge in [0.05, 0.1) is 0 Å². The molecule has 3 aromatic rings. The number of pyridine rings is 1. The molecule has 0 spiro atoms. The molecule has 2 heterocycles. The summed E-state index contributed by atoms with van der Waals surface area (Å²) in [6.07, 6.45) is 1.50. The summed E-state index contributed by atoms with van der Waals surface area (Å²) in [5.74, 6) is -0.235. The first-order valence-corrected chi connectivity index (χ1v) is 8.91. The van der Waals surface area contributed by atoms with E-state index in [-0.39, 0.29) is 16.9 Å². The lowest BCUT2D eigenvalue weighted by atomic mass is 10.1. The Balaban J connectivity index is 1.55. The number of carbonyl (C=O) groups excluding carboxylic acids is 1. The van der Waals surface area contributed by atoms with E-state index in [4.69, 9.17) is 11.6 Å². The van der Waals surface area contributed by atoms with Gasteiger partial charge in [0, 0.05) is 54.0 Å². The summed E-state index contributed by atoms with van der Waals surface area (Å²) in [6, 6.07) is 15.2. The van der Waals surface area contributed by atoms with Gasteiger partial charge in [0.2, 0.25) is 5.43 Å². The maximum absolute atomic E-state index is 12.8. The van der Waals surface area contributed by atoms with E-state index in [1.165, 1.54) is 6.20 Å². The van der Waals surface area contributed by atoms with Crippen molar-refractivity contribution in [2.24, 2.45) is 0 Å². The fraction of sp³-hybridized carbons (Fsp3) is 0.200. The van der Waals surface area contributed by atoms with Gasteiger partial charge in [-0.1, -0.05) is 29.8 Å². The average molecular weight is 368 g/mol. The van der Waals surface area contributed by atoms with E-state index in [2.05, 4.69) is 22.0 Å². The molecule has 6 heteroatoms. The van der Waals surface area contributed by atoms with Gasteiger partial charge in [-0.15, -0.1) is 0 Å². The molecule has 1 N–H and O–H groups in total. The van der Waals surface area contributed by atoms with Gasteiger partial charge in [-0.25, -0.2) is 0 Å². The molecule has 2 aromatic carbocycles. The number of anilines is 1. The number of rotatable bonds is 2. The first-order valence-electron chi connectivity index (χ1n) is 8.54. The van der Waals surface area contributed by atoms with Gasteiger partial charge in [-0.3, -0.25) is 9.59 Å². The molecule has 0 radical (unpaired) electrons. The molecule has 1 aliphatic rings. The van der Waals surface area contributed by atoms with Crippen molar-refractivity contribution in [1.29, 1.82) is 0 Å². The molecule has 5 nitrogen and oxygen atoms in total. The number of nitrogens with one attached hydrogen (secondary N) is 1. The lowest BCUT2D eigenvalue weighted by Crippen LogP contribution is -2.49. The largest absolute Gasteiger partial charge is 0.368 e. The van der Waals surface area contributed by atoms with E-state index in [0.717, 1.165) is 18.8 Å². The number of aromatic amines is 1. The van der Waals surface area contributed by atoms with Crippen LogP contribution in [0.3, 0.4) is 0 Å². The molecule has 1 amide bonds. The van der Waals surface area contributed by atoms with Crippen molar-refractivity contribution in [2.75, 3.05) is 31.1 Å². The van der Waals surface area contributed by atoms with Crippen LogP contribution in [0.4, 0.5) is 5.69 Å². The van der Waals surface area contributed by atoms with Crippen LogP contribution in [0.15, 0.2) is 59.5 Å². The Morgan fingerprint density at radius 2 is 1.73 bits per heavy atom. The van der Waals surface area contributed by atoms with E-state index in [9.17, 15) is 9.59 Å². The Kier molecular flexibility index (Phi) is 4.39. The van der Waals surface area contributed by atoms with Crippen molar-refractivity contribution in [2.45, 2.75) is 0 Å². The minimum Gasteiger partial charge on any atom is -0.368 e. The van der Waals surface area contributed by atoms with E-state index in [0.29, 0.717) is 29.0 Å². The van der Waals surface area contributed by atoms with Gasteiger partial charge in [-0.05, 0) is 30.3 Å². The van der Waals surface area contributed by atoms with Crippen LogP contribution >= 0.6 is 11.6 Å². The second kappa shape index (κ2) is 6.84. The number of para-hydroxylation sites is 1. The molecule has 0 bridgehead atoms. The van der Waals surface area contributed by atoms with Gasteiger partial charge in [0.25, 0.3) is 5.91 Å². The Morgan fingerprint density at radius 3 is 2.46 bits per heavy atom. The summed E-state index contributed by atoms with van der Waals surface area (Å²) in [5, 5.41) is 0.912. The Labute approximate surface area is 155 Å². The van der Waals surface area contributed by atoms with Crippen LogP contribution in [-0.2, 0) is 0 Å². The highest BCUT2D eigenvalue weighted by atomic mass is 35.5. The fourth-order valence-electron chi connectivity index (χ4n) is 3.33. The van der Waals surface area contributed by atoms with Gasteiger partial charge >= 0.3 is 0 Å². The van der Waals surface area contributed by atoms with Crippen LogP contribution in [0.1, 0.15) is 10.4 Å². The highest BCUT2D eigenvalue weighted by Crippen LogP contribution is 2.18. The standard InChI is InChI=1S/C20H18ClN3O2/c21-14-6-7-18-16(12-14)19(25)17(13-22-18)20(26)24-10-8-23(9-11-24)15-4-2-1-3-5-15/h1-7,12-13H,8-11H2,(H,22,25). The normalized spacial score (nSPS) is 14.7. The molecule has 0 saturated carbocycles. The van der Waals surface area contributed by atoms with Crippen LogP contribution in [0.5, 0.6) is 0 Å². The minimum atomic E-state index is -0.281. The van der Waals surface area contributed by atoms with Gasteiger partial charge in [0.15, 0.2) is 0 Å². The predicted molar refractivity (Wildman–Crippen MR) is 104 cm³/mol. The van der Waals surface area contributed by atoms with Crippen LogP contribution in [0.2, 0.25) is 5.02 Å². The molecule has 1 saturated heterocycles. The number of piperazine rings is 1. The van der Waals surface area contributed by atoms with Crippen LogP contribution in [0.25, 0.3) is 10.9 Å². The topological polar surface area (TPSA) is 56.4 Å². The van der Waals surface area contributed by atoms with Gasteiger partial charge in [-0.2, -0.15) is 0 Å². The molecule has 0 aliphatic carbocycles. The predicted octanol–water partition coefficient (Wildman–Crippen LogP) is 3.14. The third-order valence-corrected chi connectivity index (χ3v) is 5.00. The zero-order valence-corrected chi connectivity index (χ0v) is 14.9. The highest BCUT2D eigenvalue weighted by molar-refractivity contribution is 6.31. The van der Waals surface area contributed by atoms with Crippen molar-refractivity contribution in [3.63, 3.8) is 0 Å². The van der Waals surface area contributed by atoms with E-state index >= 15 is 0 Å². The average Bonchev–Trinajstić information content (AvgIpc) is 2.69. The molecule has 1 aromatic heterocycles. The molecule has 1 aliphatic heterocycles. The van der Waals surface area contributed by atoms with Crippen LogP contribution in [0, 0.1) is 0 Å². The van der Waals surface area contributed by atoms with Crippen molar-refractivity contribution in [3.8, 4) is 0 Å². The van der Waals surface area contributed by atoms with Crippen LogP contribution in [-0.4, -0.2) is 42.0 Å². The lowest BCUT2D eigenvalue weighted by Gasteiger charge is -2.36. The molecule has 26 heavy (non-hydrogen) atoms. The summed E-state index contributed by atoms with van der Waals surface area (Å²) in [5.41, 5.74) is 1.70. The summed E-state index contributed by atoms with van der Waals surface area (Å²) in [4.78, 5) is 32.6. The van der Waals surface area contributed by atoms with Crippen molar-refractivity contribution < 1.29 is 4.79 Å². The second-order valence-corrected chi connectivity index (χ2v) is 6.77. The van der Waals surface area contributed by atoms with E-state index in [1.807, 2.05) is 18.2 Å². The molecule has 0 unspecified atom stereocenters. The monoisotopic (exact) mass is 367 g/mol. The lowest BCUT2D eigenvalue weighted by molar-refractivity contribution is 0.0745. The van der Waals surface area contributed by atoms with Crippen LogP contribution < -0.4 is 10.3 Å². The van der Waals surface area contributed by atoms with Crippen molar-refractivity contribution in [3.05, 3.63) is 75.5 Å². The molecule has 132 valence electrons. The molecular formula is C20H18ClN3O2. The number of nitrogens with zero attached hydrogens (tertiary/aromatic N) is 2. The highest BCUT2D eigenvalue weighted by Gasteiger charge is 2.24. The zero-order valence-electron chi connectivity index (χ0n) is 14.1. The number of hydrogen-bond acceptors (Lipinski definition) is 3. The zero-order chi connectivity index (χ0) is 18.1. The number of amides is 1. The number of H-pyrrole nitrogens is 1. The quantitative estimate of drug-likeness (QED) is 0.757. The third kappa shape index (κ3) is 3.06. The maximum Gasteiger partial charge on any atom is 0.259 e. The minimum absolute atomic E-state index is 0.160. The van der Waals surface area contributed by atoms with Gasteiger partial charge < -0.3 is 14.8 Å². The first kappa shape index (κ1) is 16.7. The second-order valence-electron chi connectivity index (χ2n) is 6.34. The summed E-state index contributed by atoms with van der Waals surface area (Å²) >= 11 is 5.99. The van der Waals surface area contributed by atoms with E-state index in [1.54, 1.807) is 23.1 Å². The molecule has 1 fully saturated rings. The fourth-order valence-corrected chi connectivity index (χ4v) is 3.50. The van der Waals surface area contributed by atoms with Crippen molar-refractivity contribution in [1.82, 2.24) is 9.88 Å². The SMILES string of the molecule is O=C(c1c[nH]c2ccc(Cl)cc2c1=O)N1CCN(c2ccccc2)CC1. The van der Waals surface area contributed by atoms with Gasteiger partial charge in [0.1, 0.15) is 5.56 Å². The Morgan fingerprint density at radius 1 is 1.00 bits per heavy atom. The number of benzene rings is 2. The van der Waals surface area contributed by atoms with E-state index < -0.39 is 0 Å². The first-order chi connectivity index (χ1) is 12.6. The smallest absolute Gasteiger partial charge is 0.259 e. The number of fused-ring (bicyclic) bond motifs is 1. The summed E-state index contributed by atoms with van der Waals surface area (Å²) < 4.78 is 0. The molecule has 4 rings (SSSR count). The Bertz CT molecular complexity index is 1010. The Hall–Kier alpha value is -2.79. The maximum atomic E-state index is 12.8. The molecular weight excluding hydrogens is 350 g/mol.